The number of carbonyl (C=O) groups is 2. The molecule has 0 aliphatic carbocycles. The molecule has 6 heteroatoms. The average molecular weight is 332 g/mol. The van der Waals surface area contributed by atoms with Crippen molar-refractivity contribution >= 4 is 11.9 Å². The van der Waals surface area contributed by atoms with Crippen molar-refractivity contribution in [2.24, 2.45) is 0 Å². The first-order valence-corrected chi connectivity index (χ1v) is 7.29. The van der Waals surface area contributed by atoms with Crippen LogP contribution in [0.15, 0.2) is 30.4 Å². The Morgan fingerprint density at radius 2 is 1.71 bits per heavy atom. The quantitative estimate of drug-likeness (QED) is 0.331. The lowest BCUT2D eigenvalue weighted by molar-refractivity contribution is -0.141. The van der Waals surface area contributed by atoms with Crippen LogP contribution in [0.2, 0.25) is 0 Å². The predicted octanol–water partition coefficient (Wildman–Crippen LogP) is 2.51. The van der Waals surface area contributed by atoms with E-state index in [0.717, 1.165) is 12.2 Å². The molecular formula is C18H20O6. The van der Waals surface area contributed by atoms with E-state index in [1.54, 1.807) is 25.1 Å². The van der Waals surface area contributed by atoms with E-state index >= 15 is 0 Å². The van der Waals surface area contributed by atoms with Crippen molar-refractivity contribution in [2.75, 3.05) is 14.2 Å². The summed E-state index contributed by atoms with van der Waals surface area (Å²) in [6.45, 7) is 3.50. The number of ether oxygens (including phenoxy) is 4. The van der Waals surface area contributed by atoms with Gasteiger partial charge in [-0.05, 0) is 25.5 Å². The Morgan fingerprint density at radius 1 is 1.12 bits per heavy atom. The van der Waals surface area contributed by atoms with Gasteiger partial charge in [0.1, 0.15) is 0 Å². The standard InChI is InChI=1S/C18H20O6/c1-5-8-13(6-2)23-16(19)11-12-17(20)24-18-14(21-3)9-7-10-15(18)22-4/h7,9-13H,6H2,1-4H3/b12-11+. The van der Waals surface area contributed by atoms with Crippen molar-refractivity contribution in [3.8, 4) is 29.1 Å². The zero-order valence-corrected chi connectivity index (χ0v) is 14.1. The molecule has 0 bridgehead atoms. The van der Waals surface area contributed by atoms with Crippen LogP contribution in [0.5, 0.6) is 17.2 Å². The van der Waals surface area contributed by atoms with Gasteiger partial charge in [0.05, 0.1) is 14.2 Å². The van der Waals surface area contributed by atoms with E-state index in [0.29, 0.717) is 17.9 Å². The minimum atomic E-state index is -0.760. The summed E-state index contributed by atoms with van der Waals surface area (Å²) in [7, 11) is 2.89. The molecular weight excluding hydrogens is 312 g/mol. The van der Waals surface area contributed by atoms with E-state index in [-0.39, 0.29) is 5.75 Å². The van der Waals surface area contributed by atoms with Gasteiger partial charge in [-0.3, -0.25) is 0 Å². The number of benzene rings is 1. The van der Waals surface area contributed by atoms with Crippen molar-refractivity contribution in [1.82, 2.24) is 0 Å². The third-order valence-electron chi connectivity index (χ3n) is 2.88. The summed E-state index contributed by atoms with van der Waals surface area (Å²) in [6, 6.07) is 4.94. The highest BCUT2D eigenvalue weighted by Crippen LogP contribution is 2.36. The molecule has 24 heavy (non-hydrogen) atoms. The van der Waals surface area contributed by atoms with Crippen LogP contribution in [0.25, 0.3) is 0 Å². The monoisotopic (exact) mass is 332 g/mol. The molecule has 0 aromatic heterocycles. The second kappa shape index (κ2) is 9.95. The zero-order valence-electron chi connectivity index (χ0n) is 14.1. The van der Waals surface area contributed by atoms with Gasteiger partial charge < -0.3 is 18.9 Å². The maximum absolute atomic E-state index is 11.9. The molecule has 0 saturated heterocycles. The van der Waals surface area contributed by atoms with E-state index in [9.17, 15) is 9.59 Å². The smallest absolute Gasteiger partial charge is 0.336 e. The first kappa shape index (κ1) is 19.1. The highest BCUT2D eigenvalue weighted by molar-refractivity contribution is 5.93. The number of esters is 2. The molecule has 0 fully saturated rings. The fraction of sp³-hybridized carbons (Fsp3) is 0.333. The number of hydrogen-bond acceptors (Lipinski definition) is 6. The number of hydrogen-bond donors (Lipinski definition) is 0. The molecule has 0 spiro atoms. The molecule has 1 atom stereocenters. The second-order valence-corrected chi connectivity index (χ2v) is 4.47. The Balaban J connectivity index is 2.75. The lowest BCUT2D eigenvalue weighted by atomic mass is 10.3. The highest BCUT2D eigenvalue weighted by Gasteiger charge is 2.14. The summed E-state index contributed by atoms with van der Waals surface area (Å²) in [5.74, 6) is 4.79. The molecule has 0 heterocycles. The van der Waals surface area contributed by atoms with Gasteiger partial charge in [0.15, 0.2) is 17.6 Å². The van der Waals surface area contributed by atoms with Crippen molar-refractivity contribution < 1.29 is 28.5 Å². The van der Waals surface area contributed by atoms with Gasteiger partial charge in [-0.15, -0.1) is 5.92 Å². The summed E-state index contributed by atoms with van der Waals surface area (Å²) in [5.41, 5.74) is 0. The van der Waals surface area contributed by atoms with Crippen LogP contribution in [-0.4, -0.2) is 32.3 Å². The highest BCUT2D eigenvalue weighted by atomic mass is 16.6. The van der Waals surface area contributed by atoms with E-state index in [2.05, 4.69) is 11.8 Å². The lowest BCUT2D eigenvalue weighted by Crippen LogP contribution is -2.14. The second-order valence-electron chi connectivity index (χ2n) is 4.47. The Labute approximate surface area is 141 Å². The largest absolute Gasteiger partial charge is 0.493 e. The van der Waals surface area contributed by atoms with E-state index in [4.69, 9.17) is 18.9 Å². The van der Waals surface area contributed by atoms with Crippen LogP contribution >= 0.6 is 0 Å². The van der Waals surface area contributed by atoms with Crippen LogP contribution in [0.1, 0.15) is 20.3 Å². The molecule has 0 amide bonds. The predicted molar refractivity (Wildman–Crippen MR) is 87.9 cm³/mol. The maximum Gasteiger partial charge on any atom is 0.336 e. The number of rotatable bonds is 7. The minimum absolute atomic E-state index is 0.133. The van der Waals surface area contributed by atoms with Gasteiger partial charge in [0.25, 0.3) is 0 Å². The molecule has 1 rings (SSSR count). The topological polar surface area (TPSA) is 71.1 Å². The lowest BCUT2D eigenvalue weighted by Gasteiger charge is -2.11. The SMILES string of the molecule is CC#CC(CC)OC(=O)/C=C/C(=O)Oc1c(OC)cccc1OC. The minimum Gasteiger partial charge on any atom is -0.493 e. The van der Waals surface area contributed by atoms with E-state index in [1.165, 1.54) is 14.2 Å². The molecule has 0 aliphatic heterocycles. The molecule has 0 N–H and O–H groups in total. The summed E-state index contributed by atoms with van der Waals surface area (Å²) in [6.07, 6.45) is 2.02. The van der Waals surface area contributed by atoms with E-state index < -0.39 is 18.0 Å². The summed E-state index contributed by atoms with van der Waals surface area (Å²) in [4.78, 5) is 23.5. The first-order chi connectivity index (χ1) is 11.5. The van der Waals surface area contributed by atoms with Gasteiger partial charge in [-0.2, -0.15) is 0 Å². The zero-order chi connectivity index (χ0) is 17.9. The normalized spacial score (nSPS) is 11.2. The number of para-hydroxylation sites is 1. The van der Waals surface area contributed by atoms with Crippen LogP contribution in [0.3, 0.4) is 0 Å². The molecule has 0 saturated carbocycles. The van der Waals surface area contributed by atoms with Crippen LogP contribution in [-0.2, 0) is 14.3 Å². The summed E-state index contributed by atoms with van der Waals surface area (Å²) in [5, 5.41) is 0. The van der Waals surface area contributed by atoms with Crippen molar-refractivity contribution in [1.29, 1.82) is 0 Å². The maximum atomic E-state index is 11.9. The van der Waals surface area contributed by atoms with Gasteiger partial charge in [-0.25, -0.2) is 9.59 Å². The van der Waals surface area contributed by atoms with Gasteiger partial charge >= 0.3 is 11.9 Å². The fourth-order valence-electron chi connectivity index (χ4n) is 1.74. The number of methoxy groups -OCH3 is 2. The fourth-order valence-corrected chi connectivity index (χ4v) is 1.74. The van der Waals surface area contributed by atoms with Crippen molar-refractivity contribution in [3.05, 3.63) is 30.4 Å². The first-order valence-electron chi connectivity index (χ1n) is 7.29. The summed E-state index contributed by atoms with van der Waals surface area (Å²) < 4.78 is 20.5. The van der Waals surface area contributed by atoms with Gasteiger partial charge in [0, 0.05) is 12.2 Å². The van der Waals surface area contributed by atoms with E-state index in [1.807, 2.05) is 6.92 Å². The average Bonchev–Trinajstić information content (AvgIpc) is 2.59. The Morgan fingerprint density at radius 3 is 2.21 bits per heavy atom. The van der Waals surface area contributed by atoms with Crippen molar-refractivity contribution in [2.45, 2.75) is 26.4 Å². The Bertz CT molecular complexity index is 644. The Hall–Kier alpha value is -2.94. The molecule has 1 aromatic rings. The van der Waals surface area contributed by atoms with Gasteiger partial charge in [-0.1, -0.05) is 18.9 Å². The molecule has 1 aromatic carbocycles. The third kappa shape index (κ3) is 5.69. The molecule has 6 nitrogen and oxygen atoms in total. The third-order valence-corrected chi connectivity index (χ3v) is 2.88. The van der Waals surface area contributed by atoms with Crippen molar-refractivity contribution in [3.63, 3.8) is 0 Å². The molecule has 1 unspecified atom stereocenters. The Kier molecular flexibility index (Phi) is 7.92. The molecule has 0 radical (unpaired) electrons. The van der Waals surface area contributed by atoms with Crippen LogP contribution in [0, 0.1) is 11.8 Å². The molecule has 128 valence electrons. The summed E-state index contributed by atoms with van der Waals surface area (Å²) >= 11 is 0. The van der Waals surface area contributed by atoms with Gasteiger partial charge in [0.2, 0.25) is 5.75 Å². The number of carbonyl (C=O) groups excluding carboxylic acids is 2. The van der Waals surface area contributed by atoms with Crippen LogP contribution < -0.4 is 14.2 Å². The molecule has 0 aliphatic rings. The van der Waals surface area contributed by atoms with Crippen LogP contribution in [0.4, 0.5) is 0 Å².